The van der Waals surface area contributed by atoms with Crippen LogP contribution in [0.1, 0.15) is 31.2 Å². The molecule has 0 unspecified atom stereocenters. The van der Waals surface area contributed by atoms with Gasteiger partial charge in [-0.3, -0.25) is 9.36 Å². The number of carbonyl (C=O) groups excluding carboxylic acids is 1. The lowest BCUT2D eigenvalue weighted by Crippen LogP contribution is -2.38. The first-order chi connectivity index (χ1) is 11.4. The van der Waals surface area contributed by atoms with E-state index in [1.807, 2.05) is 6.92 Å². The Morgan fingerprint density at radius 3 is 2.88 bits per heavy atom. The third-order valence-corrected chi connectivity index (χ3v) is 3.94. The molecular formula is C15H18F3N3O3. The number of ether oxygens (including phenoxy) is 1. The van der Waals surface area contributed by atoms with Crippen molar-refractivity contribution in [3.63, 3.8) is 0 Å². The van der Waals surface area contributed by atoms with Crippen molar-refractivity contribution in [1.29, 1.82) is 0 Å². The average Bonchev–Trinajstić information content (AvgIpc) is 3.08. The third-order valence-electron chi connectivity index (χ3n) is 3.94. The van der Waals surface area contributed by atoms with Gasteiger partial charge in [0.05, 0.1) is 19.6 Å². The SMILES string of the molecule is CCCOCCC(=O)N1CCn2c(nc3c(C(F)(F)F)coc32)C1. The first kappa shape index (κ1) is 16.8. The fourth-order valence-corrected chi connectivity index (χ4v) is 2.75. The first-order valence-corrected chi connectivity index (χ1v) is 7.81. The molecule has 0 radical (unpaired) electrons. The summed E-state index contributed by atoms with van der Waals surface area (Å²) in [4.78, 5) is 17.8. The third kappa shape index (κ3) is 3.12. The number of halogens is 3. The Morgan fingerprint density at radius 2 is 2.17 bits per heavy atom. The number of carbonyl (C=O) groups is 1. The normalized spacial score (nSPS) is 15.1. The lowest BCUT2D eigenvalue weighted by atomic mass is 10.3. The Kier molecular flexibility index (Phi) is 4.53. The summed E-state index contributed by atoms with van der Waals surface area (Å²) in [6, 6.07) is 0. The van der Waals surface area contributed by atoms with Gasteiger partial charge in [-0.1, -0.05) is 6.92 Å². The van der Waals surface area contributed by atoms with Crippen LogP contribution in [0.15, 0.2) is 10.7 Å². The van der Waals surface area contributed by atoms with Crippen LogP contribution in [-0.2, 0) is 28.8 Å². The van der Waals surface area contributed by atoms with Crippen molar-refractivity contribution in [2.45, 2.75) is 39.0 Å². The summed E-state index contributed by atoms with van der Waals surface area (Å²) in [6.45, 7) is 3.88. The van der Waals surface area contributed by atoms with Gasteiger partial charge in [0, 0.05) is 19.7 Å². The van der Waals surface area contributed by atoms with Crippen LogP contribution in [0.2, 0.25) is 0 Å². The van der Waals surface area contributed by atoms with Gasteiger partial charge < -0.3 is 14.1 Å². The monoisotopic (exact) mass is 345 g/mol. The number of hydrogen-bond acceptors (Lipinski definition) is 4. The molecule has 0 bridgehead atoms. The van der Waals surface area contributed by atoms with Crippen LogP contribution >= 0.6 is 0 Å². The molecule has 6 nitrogen and oxygen atoms in total. The largest absolute Gasteiger partial charge is 0.445 e. The van der Waals surface area contributed by atoms with Gasteiger partial charge >= 0.3 is 6.18 Å². The number of imidazole rings is 1. The molecular weight excluding hydrogens is 327 g/mol. The number of nitrogens with zero attached hydrogens (tertiary/aromatic N) is 3. The predicted molar refractivity (Wildman–Crippen MR) is 78.1 cm³/mol. The molecule has 0 atom stereocenters. The molecule has 0 saturated heterocycles. The standard InChI is InChI=1S/C15H18F3N3O3/c1-2-6-23-7-3-12(22)20-4-5-21-11(8-20)19-13-10(15(16,17)18)9-24-14(13)21/h9H,2-8H2,1H3. The van der Waals surface area contributed by atoms with Gasteiger partial charge in [0.15, 0.2) is 0 Å². The van der Waals surface area contributed by atoms with Gasteiger partial charge in [-0.25, -0.2) is 4.98 Å². The van der Waals surface area contributed by atoms with Crippen LogP contribution in [0.25, 0.3) is 11.2 Å². The average molecular weight is 345 g/mol. The summed E-state index contributed by atoms with van der Waals surface area (Å²) in [5.41, 5.74) is -0.973. The summed E-state index contributed by atoms with van der Waals surface area (Å²) >= 11 is 0. The maximum absolute atomic E-state index is 12.9. The molecule has 2 aromatic heterocycles. The Balaban J connectivity index is 1.73. The minimum absolute atomic E-state index is 0.0898. The maximum atomic E-state index is 12.9. The molecule has 0 fully saturated rings. The van der Waals surface area contributed by atoms with Crippen LogP contribution in [0.3, 0.4) is 0 Å². The lowest BCUT2D eigenvalue weighted by Gasteiger charge is -2.27. The fourth-order valence-electron chi connectivity index (χ4n) is 2.75. The Hall–Kier alpha value is -2.03. The zero-order valence-electron chi connectivity index (χ0n) is 13.2. The van der Waals surface area contributed by atoms with E-state index in [9.17, 15) is 18.0 Å². The molecule has 132 valence electrons. The lowest BCUT2D eigenvalue weighted by molar-refractivity contribution is -0.137. The van der Waals surface area contributed by atoms with E-state index in [0.717, 1.165) is 6.42 Å². The minimum atomic E-state index is -4.51. The molecule has 1 aliphatic heterocycles. The molecule has 0 N–H and O–H groups in total. The highest BCUT2D eigenvalue weighted by Crippen LogP contribution is 2.36. The molecule has 3 heterocycles. The van der Waals surface area contributed by atoms with Crippen LogP contribution in [-0.4, -0.2) is 40.1 Å². The molecule has 0 saturated carbocycles. The van der Waals surface area contributed by atoms with E-state index >= 15 is 0 Å². The molecule has 3 rings (SSSR count). The van der Waals surface area contributed by atoms with Crippen molar-refractivity contribution in [1.82, 2.24) is 14.5 Å². The van der Waals surface area contributed by atoms with E-state index in [2.05, 4.69) is 4.98 Å². The van der Waals surface area contributed by atoms with Crippen molar-refractivity contribution in [3.05, 3.63) is 17.7 Å². The number of aromatic nitrogens is 2. The highest BCUT2D eigenvalue weighted by molar-refractivity contribution is 5.78. The Morgan fingerprint density at radius 1 is 1.38 bits per heavy atom. The van der Waals surface area contributed by atoms with Gasteiger partial charge in [-0.15, -0.1) is 0 Å². The van der Waals surface area contributed by atoms with Crippen LogP contribution in [0.4, 0.5) is 13.2 Å². The molecule has 9 heteroatoms. The second-order valence-corrected chi connectivity index (χ2v) is 5.66. The maximum Gasteiger partial charge on any atom is 0.421 e. The predicted octanol–water partition coefficient (Wildman–Crippen LogP) is 2.81. The Labute approximate surface area is 136 Å². The summed E-state index contributed by atoms with van der Waals surface area (Å²) in [7, 11) is 0. The number of furan rings is 1. The zero-order valence-corrected chi connectivity index (χ0v) is 13.2. The Bertz CT molecular complexity index is 735. The van der Waals surface area contributed by atoms with Crippen LogP contribution in [0, 0.1) is 0 Å². The van der Waals surface area contributed by atoms with Gasteiger partial charge in [-0.05, 0) is 6.42 Å². The molecule has 0 spiro atoms. The van der Waals surface area contributed by atoms with Crippen LogP contribution in [0.5, 0.6) is 0 Å². The van der Waals surface area contributed by atoms with Gasteiger partial charge in [0.25, 0.3) is 0 Å². The van der Waals surface area contributed by atoms with E-state index in [1.165, 1.54) is 0 Å². The van der Waals surface area contributed by atoms with Gasteiger partial charge in [-0.2, -0.15) is 13.2 Å². The van der Waals surface area contributed by atoms with E-state index in [4.69, 9.17) is 9.15 Å². The summed E-state index contributed by atoms with van der Waals surface area (Å²) in [6.07, 6.45) is -2.68. The molecule has 0 aromatic carbocycles. The number of alkyl halides is 3. The van der Waals surface area contributed by atoms with E-state index in [0.29, 0.717) is 38.4 Å². The van der Waals surface area contributed by atoms with E-state index < -0.39 is 11.7 Å². The summed E-state index contributed by atoms with van der Waals surface area (Å²) in [5.74, 6) is 0.317. The van der Waals surface area contributed by atoms with Crippen molar-refractivity contribution < 1.29 is 27.1 Å². The second-order valence-electron chi connectivity index (χ2n) is 5.66. The smallest absolute Gasteiger partial charge is 0.421 e. The van der Waals surface area contributed by atoms with E-state index in [-0.39, 0.29) is 30.1 Å². The number of hydrogen-bond donors (Lipinski definition) is 0. The summed E-state index contributed by atoms with van der Waals surface area (Å²) < 4.78 is 50.8. The van der Waals surface area contributed by atoms with Crippen molar-refractivity contribution in [2.75, 3.05) is 19.8 Å². The van der Waals surface area contributed by atoms with Crippen molar-refractivity contribution in [2.24, 2.45) is 0 Å². The molecule has 24 heavy (non-hydrogen) atoms. The van der Waals surface area contributed by atoms with Crippen molar-refractivity contribution >= 4 is 17.1 Å². The minimum Gasteiger partial charge on any atom is -0.445 e. The number of amides is 1. The molecule has 2 aromatic rings. The van der Waals surface area contributed by atoms with Gasteiger partial charge in [0.2, 0.25) is 11.6 Å². The van der Waals surface area contributed by atoms with Crippen LogP contribution < -0.4 is 0 Å². The summed E-state index contributed by atoms with van der Waals surface area (Å²) in [5, 5.41) is 0. The highest BCUT2D eigenvalue weighted by atomic mass is 19.4. The molecule has 1 amide bonds. The molecule has 0 aliphatic carbocycles. The topological polar surface area (TPSA) is 60.5 Å². The van der Waals surface area contributed by atoms with E-state index in [1.54, 1.807) is 9.47 Å². The molecule has 1 aliphatic rings. The van der Waals surface area contributed by atoms with Gasteiger partial charge in [0.1, 0.15) is 23.2 Å². The first-order valence-electron chi connectivity index (χ1n) is 7.81. The second kappa shape index (κ2) is 6.46. The van der Waals surface area contributed by atoms with Crippen molar-refractivity contribution in [3.8, 4) is 0 Å². The zero-order chi connectivity index (χ0) is 17.3. The number of fused-ring (bicyclic) bond motifs is 3. The highest BCUT2D eigenvalue weighted by Gasteiger charge is 2.38. The quantitative estimate of drug-likeness (QED) is 0.782. The fraction of sp³-hybridized carbons (Fsp3) is 0.600. The number of rotatable bonds is 5.